The first kappa shape index (κ1) is 16.4. The number of hydrogen-bond donors (Lipinski definition) is 1. The molecule has 5 heteroatoms. The maximum absolute atomic E-state index is 11.9. The highest BCUT2D eigenvalue weighted by molar-refractivity contribution is 5.76. The molecule has 2 atom stereocenters. The van der Waals surface area contributed by atoms with Gasteiger partial charge in [0.25, 0.3) is 0 Å². The fraction of sp³-hybridized carbons (Fsp3) is 0.929. The predicted octanol–water partition coefficient (Wildman–Crippen LogP) is 0.554. The highest BCUT2D eigenvalue weighted by Crippen LogP contribution is 2.11. The average molecular weight is 271 g/mol. The molecule has 0 bridgehead atoms. The number of piperazine rings is 1. The van der Waals surface area contributed by atoms with Gasteiger partial charge in [-0.25, -0.2) is 0 Å². The number of ether oxygens (including phenoxy) is 1. The van der Waals surface area contributed by atoms with Gasteiger partial charge in [-0.1, -0.05) is 13.8 Å². The van der Waals surface area contributed by atoms with E-state index in [-0.39, 0.29) is 12.0 Å². The quantitative estimate of drug-likeness (QED) is 0.685. The van der Waals surface area contributed by atoms with E-state index in [1.165, 1.54) is 0 Å². The van der Waals surface area contributed by atoms with Crippen LogP contribution in [0.25, 0.3) is 0 Å². The van der Waals surface area contributed by atoms with Crippen LogP contribution in [0.3, 0.4) is 0 Å². The van der Waals surface area contributed by atoms with Crippen LogP contribution in [-0.4, -0.2) is 74.2 Å². The van der Waals surface area contributed by atoms with Crippen molar-refractivity contribution in [3.05, 3.63) is 0 Å². The lowest BCUT2D eigenvalue weighted by atomic mass is 10.1. The molecule has 0 radical (unpaired) electrons. The minimum Gasteiger partial charge on any atom is -0.465 e. The molecule has 0 saturated carbocycles. The topological polar surface area (TPSA) is 44.8 Å². The third-order valence-corrected chi connectivity index (χ3v) is 3.79. The van der Waals surface area contributed by atoms with E-state index >= 15 is 0 Å². The molecule has 5 nitrogen and oxygen atoms in total. The van der Waals surface area contributed by atoms with Crippen molar-refractivity contribution in [1.82, 2.24) is 15.1 Å². The summed E-state index contributed by atoms with van der Waals surface area (Å²) in [6.45, 7) is 11.2. The lowest BCUT2D eigenvalue weighted by Gasteiger charge is -2.40. The van der Waals surface area contributed by atoms with Gasteiger partial charge >= 0.3 is 5.97 Å². The number of rotatable bonds is 7. The average Bonchev–Trinajstić information content (AvgIpc) is 2.40. The molecule has 0 aromatic heterocycles. The Bertz CT molecular complexity index is 273. The molecule has 0 spiro atoms. The SMILES string of the molecule is CCNC(CN1CCN(C)C(CC)C1)C(=O)OCC. The molecule has 1 fully saturated rings. The summed E-state index contributed by atoms with van der Waals surface area (Å²) in [4.78, 5) is 16.7. The van der Waals surface area contributed by atoms with Crippen LogP contribution in [0.15, 0.2) is 0 Å². The summed E-state index contributed by atoms with van der Waals surface area (Å²) in [5.41, 5.74) is 0. The molecule has 1 rings (SSSR count). The maximum Gasteiger partial charge on any atom is 0.324 e. The van der Waals surface area contributed by atoms with Crippen LogP contribution < -0.4 is 5.32 Å². The van der Waals surface area contributed by atoms with Crippen LogP contribution in [0.2, 0.25) is 0 Å². The van der Waals surface area contributed by atoms with Crippen molar-refractivity contribution in [2.45, 2.75) is 39.3 Å². The Morgan fingerprint density at radius 2 is 2.11 bits per heavy atom. The molecular formula is C14H29N3O2. The number of nitrogens with one attached hydrogen (secondary N) is 1. The van der Waals surface area contributed by atoms with Gasteiger partial charge in [-0.05, 0) is 26.9 Å². The highest BCUT2D eigenvalue weighted by atomic mass is 16.5. The fourth-order valence-electron chi connectivity index (χ4n) is 2.59. The van der Waals surface area contributed by atoms with E-state index in [1.54, 1.807) is 0 Å². The van der Waals surface area contributed by atoms with Crippen molar-refractivity contribution >= 4 is 5.97 Å². The Kier molecular flexibility index (Phi) is 7.34. The number of esters is 1. The molecule has 112 valence electrons. The molecule has 1 N–H and O–H groups in total. The molecule has 1 aliphatic heterocycles. The predicted molar refractivity (Wildman–Crippen MR) is 77.2 cm³/mol. The molecule has 19 heavy (non-hydrogen) atoms. The molecule has 0 aromatic rings. The van der Waals surface area contributed by atoms with Crippen LogP contribution in [0, 0.1) is 0 Å². The number of likely N-dealkylation sites (N-methyl/N-ethyl adjacent to an activating group) is 2. The van der Waals surface area contributed by atoms with E-state index in [2.05, 4.69) is 29.1 Å². The van der Waals surface area contributed by atoms with Gasteiger partial charge in [-0.15, -0.1) is 0 Å². The zero-order valence-corrected chi connectivity index (χ0v) is 12.8. The zero-order chi connectivity index (χ0) is 14.3. The van der Waals surface area contributed by atoms with E-state index in [9.17, 15) is 4.79 Å². The van der Waals surface area contributed by atoms with Gasteiger partial charge in [0.1, 0.15) is 6.04 Å². The number of nitrogens with zero attached hydrogens (tertiary/aromatic N) is 2. The second-order valence-corrected chi connectivity index (χ2v) is 5.16. The van der Waals surface area contributed by atoms with Gasteiger partial charge in [-0.2, -0.15) is 0 Å². The van der Waals surface area contributed by atoms with Crippen LogP contribution in [0.4, 0.5) is 0 Å². The molecule has 2 unspecified atom stereocenters. The summed E-state index contributed by atoms with van der Waals surface area (Å²) in [7, 11) is 2.18. The molecule has 0 aliphatic carbocycles. The van der Waals surface area contributed by atoms with Crippen LogP contribution in [0.5, 0.6) is 0 Å². The van der Waals surface area contributed by atoms with E-state index < -0.39 is 0 Å². The first-order chi connectivity index (χ1) is 9.12. The standard InChI is InChI=1S/C14H29N3O2/c1-5-12-10-17(9-8-16(12)4)11-13(15-6-2)14(18)19-7-3/h12-13,15H,5-11H2,1-4H3. The van der Waals surface area contributed by atoms with Crippen LogP contribution in [0.1, 0.15) is 27.2 Å². The third-order valence-electron chi connectivity index (χ3n) is 3.79. The van der Waals surface area contributed by atoms with Gasteiger partial charge in [0.2, 0.25) is 0 Å². The van der Waals surface area contributed by atoms with Crippen LogP contribution in [-0.2, 0) is 9.53 Å². The summed E-state index contributed by atoms with van der Waals surface area (Å²) >= 11 is 0. The van der Waals surface area contributed by atoms with E-state index in [0.717, 1.165) is 39.1 Å². The fourth-order valence-corrected chi connectivity index (χ4v) is 2.59. The largest absolute Gasteiger partial charge is 0.465 e. The van der Waals surface area contributed by atoms with Crippen molar-refractivity contribution in [2.24, 2.45) is 0 Å². The highest BCUT2D eigenvalue weighted by Gasteiger charge is 2.27. The normalized spacial score (nSPS) is 23.3. The minimum absolute atomic E-state index is 0.128. The number of carbonyl (C=O) groups is 1. The van der Waals surface area contributed by atoms with Crippen molar-refractivity contribution in [1.29, 1.82) is 0 Å². The molecule has 0 amide bonds. The molecule has 0 aromatic carbocycles. The van der Waals surface area contributed by atoms with E-state index in [0.29, 0.717) is 12.6 Å². The van der Waals surface area contributed by atoms with Gasteiger partial charge in [0, 0.05) is 32.2 Å². The minimum atomic E-state index is -0.203. The van der Waals surface area contributed by atoms with Crippen molar-refractivity contribution < 1.29 is 9.53 Å². The van der Waals surface area contributed by atoms with E-state index in [1.807, 2.05) is 13.8 Å². The Balaban J connectivity index is 2.51. The van der Waals surface area contributed by atoms with Gasteiger partial charge in [0.15, 0.2) is 0 Å². The molecular weight excluding hydrogens is 242 g/mol. The molecule has 1 heterocycles. The number of carbonyl (C=O) groups excluding carboxylic acids is 1. The molecule has 1 aliphatic rings. The van der Waals surface area contributed by atoms with E-state index in [4.69, 9.17) is 4.74 Å². The summed E-state index contributed by atoms with van der Waals surface area (Å²) in [6.07, 6.45) is 1.15. The second-order valence-electron chi connectivity index (χ2n) is 5.16. The van der Waals surface area contributed by atoms with Crippen molar-refractivity contribution in [2.75, 3.05) is 46.4 Å². The van der Waals surface area contributed by atoms with Crippen molar-refractivity contribution in [3.8, 4) is 0 Å². The Hall–Kier alpha value is -0.650. The third kappa shape index (κ3) is 5.09. The first-order valence-electron chi connectivity index (χ1n) is 7.44. The summed E-state index contributed by atoms with van der Waals surface area (Å²) in [6, 6.07) is 0.393. The lowest BCUT2D eigenvalue weighted by Crippen LogP contribution is -2.55. The van der Waals surface area contributed by atoms with Gasteiger partial charge in [-0.3, -0.25) is 9.69 Å². The number of hydrogen-bond acceptors (Lipinski definition) is 5. The summed E-state index contributed by atoms with van der Waals surface area (Å²) in [5, 5.41) is 3.23. The van der Waals surface area contributed by atoms with Crippen LogP contribution >= 0.6 is 0 Å². The second kappa shape index (κ2) is 8.51. The zero-order valence-electron chi connectivity index (χ0n) is 12.8. The smallest absolute Gasteiger partial charge is 0.324 e. The maximum atomic E-state index is 11.9. The van der Waals surface area contributed by atoms with Gasteiger partial charge < -0.3 is 15.0 Å². The Morgan fingerprint density at radius 1 is 1.37 bits per heavy atom. The monoisotopic (exact) mass is 271 g/mol. The first-order valence-corrected chi connectivity index (χ1v) is 7.44. The Morgan fingerprint density at radius 3 is 2.68 bits per heavy atom. The van der Waals surface area contributed by atoms with Gasteiger partial charge in [0.05, 0.1) is 6.61 Å². The summed E-state index contributed by atoms with van der Waals surface area (Å²) < 4.78 is 5.13. The van der Waals surface area contributed by atoms with Crippen molar-refractivity contribution in [3.63, 3.8) is 0 Å². The Labute approximate surface area is 117 Å². The summed E-state index contributed by atoms with van der Waals surface area (Å²) in [5.74, 6) is -0.128. The lowest BCUT2D eigenvalue weighted by molar-refractivity contribution is -0.146. The molecule has 1 saturated heterocycles.